The van der Waals surface area contributed by atoms with Crippen LogP contribution < -0.4 is 10.3 Å². The fourth-order valence-electron chi connectivity index (χ4n) is 0.508. The Balaban J connectivity index is 3.23. The van der Waals surface area contributed by atoms with Gasteiger partial charge in [0.2, 0.25) is 5.88 Å². The molecule has 1 aromatic heterocycles. The molecule has 0 aromatic carbocycles. The number of thiazole rings is 1. The van der Waals surface area contributed by atoms with Crippen LogP contribution in [0, 0.1) is 0 Å². The van der Waals surface area contributed by atoms with Gasteiger partial charge in [-0.1, -0.05) is 11.3 Å². The van der Waals surface area contributed by atoms with Crippen molar-refractivity contribution < 1.29 is 5.11 Å². The minimum atomic E-state index is -0.213. The molecule has 0 radical (unpaired) electrons. The smallest absolute Gasteiger partial charge is 0.328 e. The van der Waals surface area contributed by atoms with Crippen LogP contribution in [-0.4, -0.2) is 16.8 Å². The van der Waals surface area contributed by atoms with Gasteiger partial charge in [-0.25, -0.2) is 0 Å². The number of rotatable bonds is 1. The Morgan fingerprint density at radius 1 is 1.89 bits per heavy atom. The van der Waals surface area contributed by atoms with E-state index in [0.717, 1.165) is 16.0 Å². The summed E-state index contributed by atoms with van der Waals surface area (Å²) in [5.41, 5.74) is 2.51. The Morgan fingerprint density at radius 2 is 2.56 bits per heavy atom. The van der Waals surface area contributed by atoms with E-state index in [2.05, 4.69) is 5.43 Å². The predicted octanol–water partition coefficient (Wildman–Crippen LogP) is -0.211. The van der Waals surface area contributed by atoms with E-state index >= 15 is 0 Å². The molecule has 0 amide bonds. The largest absolute Gasteiger partial charge is 0.493 e. The lowest BCUT2D eigenvalue weighted by atomic mass is 10.9. The van der Waals surface area contributed by atoms with Crippen LogP contribution in [-0.2, 0) is 0 Å². The Labute approximate surface area is 55.3 Å². The van der Waals surface area contributed by atoms with Gasteiger partial charge in [0.15, 0.2) is 0 Å². The molecule has 0 aliphatic carbocycles. The highest BCUT2D eigenvalue weighted by atomic mass is 32.1. The lowest BCUT2D eigenvalue weighted by Gasteiger charge is -1.96. The van der Waals surface area contributed by atoms with E-state index in [0.29, 0.717) is 0 Å². The zero-order valence-electron chi connectivity index (χ0n) is 4.79. The van der Waals surface area contributed by atoms with Crippen LogP contribution >= 0.6 is 11.3 Å². The molecule has 0 bridgehead atoms. The molecule has 0 aliphatic rings. The molecule has 9 heavy (non-hydrogen) atoms. The summed E-state index contributed by atoms with van der Waals surface area (Å²) >= 11 is 0.951. The van der Waals surface area contributed by atoms with Crippen molar-refractivity contribution in [3.05, 3.63) is 15.0 Å². The number of aromatic hydroxyl groups is 1. The summed E-state index contributed by atoms with van der Waals surface area (Å²) in [5.74, 6) is -0.0486. The van der Waals surface area contributed by atoms with Gasteiger partial charge in [-0.2, -0.15) is 4.68 Å². The quantitative estimate of drug-likeness (QED) is 0.576. The molecule has 1 aromatic rings. The first-order valence-corrected chi connectivity index (χ1v) is 3.21. The molecular weight excluding hydrogens is 140 g/mol. The predicted molar refractivity (Wildman–Crippen MR) is 35.5 cm³/mol. The Morgan fingerprint density at radius 3 is 2.78 bits per heavy atom. The van der Waals surface area contributed by atoms with E-state index in [1.54, 1.807) is 7.05 Å². The summed E-state index contributed by atoms with van der Waals surface area (Å²) in [6.07, 6.45) is 0. The molecule has 50 valence electrons. The SMILES string of the molecule is CNn1c(O)csc1=O. The summed E-state index contributed by atoms with van der Waals surface area (Å²) in [7, 11) is 1.56. The molecule has 0 unspecified atom stereocenters. The summed E-state index contributed by atoms with van der Waals surface area (Å²) < 4.78 is 1.06. The maximum atomic E-state index is 10.6. The van der Waals surface area contributed by atoms with E-state index in [1.807, 2.05) is 0 Å². The second-order valence-corrected chi connectivity index (χ2v) is 2.24. The van der Waals surface area contributed by atoms with Gasteiger partial charge in [-0.05, 0) is 0 Å². The van der Waals surface area contributed by atoms with Crippen LogP contribution in [0.4, 0.5) is 0 Å². The molecule has 1 rings (SSSR count). The van der Waals surface area contributed by atoms with Gasteiger partial charge in [-0.15, -0.1) is 0 Å². The van der Waals surface area contributed by atoms with Crippen LogP contribution in [0.15, 0.2) is 10.2 Å². The molecule has 0 aliphatic heterocycles. The second-order valence-electron chi connectivity index (χ2n) is 1.42. The number of hydrogen-bond donors (Lipinski definition) is 2. The van der Waals surface area contributed by atoms with Gasteiger partial charge < -0.3 is 10.5 Å². The third kappa shape index (κ3) is 0.904. The first-order chi connectivity index (χ1) is 4.25. The van der Waals surface area contributed by atoms with Gasteiger partial charge in [0.05, 0.1) is 5.38 Å². The highest BCUT2D eigenvalue weighted by Gasteiger charge is 1.99. The van der Waals surface area contributed by atoms with Gasteiger partial charge in [0, 0.05) is 7.05 Å². The third-order valence-electron chi connectivity index (χ3n) is 0.900. The van der Waals surface area contributed by atoms with Crippen molar-refractivity contribution in [3.8, 4) is 5.88 Å². The lowest BCUT2D eigenvalue weighted by molar-refractivity contribution is 0.432. The first kappa shape index (κ1) is 6.15. The van der Waals surface area contributed by atoms with E-state index in [1.165, 1.54) is 5.38 Å². The standard InChI is InChI=1S/C4H6N2O2S/c1-5-6-3(7)2-9-4(6)8/h2,5,7H,1H3. The van der Waals surface area contributed by atoms with Crippen LogP contribution in [0.3, 0.4) is 0 Å². The highest BCUT2D eigenvalue weighted by molar-refractivity contribution is 7.07. The lowest BCUT2D eigenvalue weighted by Crippen LogP contribution is -2.20. The molecular formula is C4H6N2O2S. The number of hydrogen-bond acceptors (Lipinski definition) is 4. The Bertz CT molecular complexity index is 251. The number of nitrogens with one attached hydrogen (secondary N) is 1. The minimum absolute atomic E-state index is 0.0486. The van der Waals surface area contributed by atoms with Gasteiger partial charge >= 0.3 is 4.87 Å². The summed E-state index contributed by atoms with van der Waals surface area (Å²) in [6.45, 7) is 0. The molecule has 0 saturated heterocycles. The van der Waals surface area contributed by atoms with Crippen molar-refractivity contribution in [1.29, 1.82) is 0 Å². The highest BCUT2D eigenvalue weighted by Crippen LogP contribution is 2.04. The van der Waals surface area contributed by atoms with Crippen molar-refractivity contribution in [1.82, 2.24) is 4.68 Å². The topological polar surface area (TPSA) is 54.3 Å². The van der Waals surface area contributed by atoms with Crippen molar-refractivity contribution >= 4 is 11.3 Å². The van der Waals surface area contributed by atoms with Gasteiger partial charge in [-0.3, -0.25) is 4.79 Å². The fraction of sp³-hybridized carbons (Fsp3) is 0.250. The summed E-state index contributed by atoms with van der Waals surface area (Å²) in [4.78, 5) is 10.4. The number of nitrogens with zero attached hydrogens (tertiary/aromatic N) is 1. The molecule has 2 N–H and O–H groups in total. The van der Waals surface area contributed by atoms with Crippen LogP contribution in [0.1, 0.15) is 0 Å². The summed E-state index contributed by atoms with van der Waals surface area (Å²) in [6, 6.07) is 0. The van der Waals surface area contributed by atoms with E-state index in [-0.39, 0.29) is 10.8 Å². The molecule has 0 atom stereocenters. The minimum Gasteiger partial charge on any atom is -0.493 e. The molecule has 1 heterocycles. The van der Waals surface area contributed by atoms with Crippen LogP contribution in [0.5, 0.6) is 5.88 Å². The molecule has 0 fully saturated rings. The van der Waals surface area contributed by atoms with Crippen molar-refractivity contribution in [2.75, 3.05) is 12.5 Å². The zero-order valence-corrected chi connectivity index (χ0v) is 5.60. The Hall–Kier alpha value is -0.970. The second kappa shape index (κ2) is 2.10. The zero-order chi connectivity index (χ0) is 6.85. The van der Waals surface area contributed by atoms with Gasteiger partial charge in [0.1, 0.15) is 0 Å². The van der Waals surface area contributed by atoms with Crippen LogP contribution in [0.2, 0.25) is 0 Å². The summed E-state index contributed by atoms with van der Waals surface area (Å²) in [5, 5.41) is 10.2. The van der Waals surface area contributed by atoms with Crippen molar-refractivity contribution in [3.63, 3.8) is 0 Å². The maximum absolute atomic E-state index is 10.6. The maximum Gasteiger partial charge on any atom is 0.328 e. The average molecular weight is 146 g/mol. The number of aromatic nitrogens is 1. The molecule has 0 spiro atoms. The molecule has 4 nitrogen and oxygen atoms in total. The van der Waals surface area contributed by atoms with Crippen molar-refractivity contribution in [2.24, 2.45) is 0 Å². The Kier molecular flexibility index (Phi) is 1.44. The van der Waals surface area contributed by atoms with Crippen molar-refractivity contribution in [2.45, 2.75) is 0 Å². The van der Waals surface area contributed by atoms with Gasteiger partial charge in [0.25, 0.3) is 0 Å². The van der Waals surface area contributed by atoms with Crippen LogP contribution in [0.25, 0.3) is 0 Å². The first-order valence-electron chi connectivity index (χ1n) is 2.33. The fourth-order valence-corrected chi connectivity index (χ4v) is 1.11. The average Bonchev–Trinajstić information content (AvgIpc) is 2.12. The third-order valence-corrected chi connectivity index (χ3v) is 1.61. The normalized spacial score (nSPS) is 9.44. The van der Waals surface area contributed by atoms with E-state index in [9.17, 15) is 4.79 Å². The van der Waals surface area contributed by atoms with E-state index in [4.69, 9.17) is 5.11 Å². The monoisotopic (exact) mass is 146 g/mol. The molecule has 0 saturated carbocycles. The van der Waals surface area contributed by atoms with E-state index < -0.39 is 0 Å². The molecule has 5 heteroatoms.